The van der Waals surface area contributed by atoms with Gasteiger partial charge < -0.3 is 5.32 Å². The number of anilines is 1. The van der Waals surface area contributed by atoms with Gasteiger partial charge in [-0.1, -0.05) is 44.2 Å². The third-order valence-electron chi connectivity index (χ3n) is 4.60. The van der Waals surface area contributed by atoms with Gasteiger partial charge in [-0.15, -0.1) is 0 Å². The van der Waals surface area contributed by atoms with E-state index in [2.05, 4.69) is 54.7 Å². The molecule has 3 heteroatoms. The van der Waals surface area contributed by atoms with Gasteiger partial charge in [0.2, 0.25) is 0 Å². The molecular formula is C18H25N3. The fourth-order valence-corrected chi connectivity index (χ4v) is 3.39. The number of hydrogen-bond donors (Lipinski definition) is 1. The van der Waals surface area contributed by atoms with E-state index in [1.165, 1.54) is 24.8 Å². The second-order valence-corrected chi connectivity index (χ2v) is 6.56. The third-order valence-corrected chi connectivity index (χ3v) is 4.60. The molecule has 0 spiro atoms. The van der Waals surface area contributed by atoms with Gasteiger partial charge in [0, 0.05) is 12.2 Å². The normalized spacial score (nSPS) is 25.7. The van der Waals surface area contributed by atoms with Gasteiger partial charge in [-0.05, 0) is 36.7 Å². The molecule has 3 nitrogen and oxygen atoms in total. The zero-order valence-corrected chi connectivity index (χ0v) is 13.0. The lowest BCUT2D eigenvalue weighted by atomic mass is 9.80. The van der Waals surface area contributed by atoms with Crippen molar-refractivity contribution in [1.82, 2.24) is 9.78 Å². The smallest absolute Gasteiger partial charge is 0.0728 e. The van der Waals surface area contributed by atoms with Crippen molar-refractivity contribution < 1.29 is 0 Å². The second-order valence-electron chi connectivity index (χ2n) is 6.56. The van der Waals surface area contributed by atoms with Crippen LogP contribution in [0, 0.1) is 11.8 Å². The Hall–Kier alpha value is -1.77. The molecule has 3 unspecified atom stereocenters. The zero-order chi connectivity index (χ0) is 14.7. The van der Waals surface area contributed by atoms with E-state index in [1.807, 2.05) is 16.9 Å². The molecule has 1 aromatic carbocycles. The number of benzene rings is 1. The van der Waals surface area contributed by atoms with E-state index in [1.54, 1.807) is 0 Å². The molecule has 2 aromatic rings. The Morgan fingerprint density at radius 1 is 1.19 bits per heavy atom. The first-order chi connectivity index (χ1) is 10.2. The fourth-order valence-electron chi connectivity index (χ4n) is 3.39. The van der Waals surface area contributed by atoms with Crippen LogP contribution >= 0.6 is 0 Å². The molecule has 1 aliphatic carbocycles. The van der Waals surface area contributed by atoms with E-state index in [-0.39, 0.29) is 0 Å². The van der Waals surface area contributed by atoms with Crippen LogP contribution in [0.15, 0.2) is 42.7 Å². The van der Waals surface area contributed by atoms with Crippen LogP contribution < -0.4 is 5.32 Å². The molecule has 112 valence electrons. The topological polar surface area (TPSA) is 29.9 Å². The Morgan fingerprint density at radius 2 is 2.00 bits per heavy atom. The molecule has 1 saturated carbocycles. The summed E-state index contributed by atoms with van der Waals surface area (Å²) >= 11 is 0. The van der Waals surface area contributed by atoms with Crippen molar-refractivity contribution in [3.8, 4) is 0 Å². The quantitative estimate of drug-likeness (QED) is 0.912. The van der Waals surface area contributed by atoms with Gasteiger partial charge in [-0.25, -0.2) is 0 Å². The molecule has 3 atom stereocenters. The van der Waals surface area contributed by atoms with Crippen molar-refractivity contribution in [1.29, 1.82) is 0 Å². The number of nitrogens with one attached hydrogen (secondary N) is 1. The van der Waals surface area contributed by atoms with Crippen molar-refractivity contribution in [2.75, 3.05) is 5.32 Å². The molecular weight excluding hydrogens is 258 g/mol. The van der Waals surface area contributed by atoms with Crippen molar-refractivity contribution in [3.63, 3.8) is 0 Å². The maximum Gasteiger partial charge on any atom is 0.0728 e. The van der Waals surface area contributed by atoms with Crippen molar-refractivity contribution in [3.05, 3.63) is 48.3 Å². The molecule has 0 amide bonds. The first-order valence-electron chi connectivity index (χ1n) is 8.03. The molecule has 1 fully saturated rings. The Balaban J connectivity index is 1.60. The predicted molar refractivity (Wildman–Crippen MR) is 87.4 cm³/mol. The summed E-state index contributed by atoms with van der Waals surface area (Å²) in [6.45, 7) is 5.56. The Kier molecular flexibility index (Phi) is 4.28. The van der Waals surface area contributed by atoms with Crippen LogP contribution in [0.25, 0.3) is 0 Å². The number of aromatic nitrogens is 2. The van der Waals surface area contributed by atoms with Gasteiger partial charge in [-0.2, -0.15) is 5.10 Å². The minimum absolute atomic E-state index is 0.593. The lowest BCUT2D eigenvalue weighted by Gasteiger charge is -2.33. The highest BCUT2D eigenvalue weighted by molar-refractivity contribution is 5.39. The maximum absolute atomic E-state index is 4.47. The molecule has 0 radical (unpaired) electrons. The molecule has 3 rings (SSSR count). The van der Waals surface area contributed by atoms with Crippen LogP contribution in [0.1, 0.15) is 38.7 Å². The van der Waals surface area contributed by atoms with E-state index in [4.69, 9.17) is 0 Å². The number of hydrogen-bond acceptors (Lipinski definition) is 2. The van der Waals surface area contributed by atoms with E-state index in [0.717, 1.165) is 24.1 Å². The molecule has 1 aromatic heterocycles. The van der Waals surface area contributed by atoms with Gasteiger partial charge in [0.1, 0.15) is 0 Å². The molecule has 1 N–H and O–H groups in total. The van der Waals surface area contributed by atoms with Crippen LogP contribution in [-0.4, -0.2) is 15.8 Å². The average Bonchev–Trinajstić information content (AvgIpc) is 2.90. The fraction of sp³-hybridized carbons (Fsp3) is 0.500. The van der Waals surface area contributed by atoms with Crippen molar-refractivity contribution >= 4 is 5.69 Å². The maximum atomic E-state index is 4.47. The number of nitrogens with zero attached hydrogens (tertiary/aromatic N) is 2. The molecule has 0 saturated heterocycles. The highest BCUT2D eigenvalue weighted by Gasteiger charge is 2.25. The van der Waals surface area contributed by atoms with Crippen LogP contribution in [-0.2, 0) is 6.54 Å². The highest BCUT2D eigenvalue weighted by atomic mass is 15.3. The minimum Gasteiger partial charge on any atom is -0.380 e. The zero-order valence-electron chi connectivity index (χ0n) is 13.0. The number of rotatable bonds is 4. The summed E-state index contributed by atoms with van der Waals surface area (Å²) < 4.78 is 2.01. The van der Waals surface area contributed by atoms with Gasteiger partial charge >= 0.3 is 0 Å². The lowest BCUT2D eigenvalue weighted by Crippen LogP contribution is -2.32. The summed E-state index contributed by atoms with van der Waals surface area (Å²) in [5, 5.41) is 8.15. The SMILES string of the molecule is CC1CCC(Nc2cnn(Cc3ccccc3)c2)C(C)C1. The summed E-state index contributed by atoms with van der Waals surface area (Å²) in [5.41, 5.74) is 2.43. The van der Waals surface area contributed by atoms with Crippen molar-refractivity contribution in [2.24, 2.45) is 11.8 Å². The Morgan fingerprint density at radius 3 is 2.76 bits per heavy atom. The summed E-state index contributed by atoms with van der Waals surface area (Å²) in [5.74, 6) is 1.62. The molecule has 1 heterocycles. The Labute approximate surface area is 127 Å². The molecule has 21 heavy (non-hydrogen) atoms. The van der Waals surface area contributed by atoms with Crippen LogP contribution in [0.2, 0.25) is 0 Å². The van der Waals surface area contributed by atoms with Crippen LogP contribution in [0.3, 0.4) is 0 Å². The monoisotopic (exact) mass is 283 g/mol. The summed E-state index contributed by atoms with van der Waals surface area (Å²) in [6, 6.07) is 11.1. The lowest BCUT2D eigenvalue weighted by molar-refractivity contribution is 0.276. The molecule has 1 aliphatic rings. The first kappa shape index (κ1) is 14.2. The van der Waals surface area contributed by atoms with E-state index < -0.39 is 0 Å². The second kappa shape index (κ2) is 6.33. The third kappa shape index (κ3) is 3.66. The summed E-state index contributed by atoms with van der Waals surface area (Å²) in [7, 11) is 0. The largest absolute Gasteiger partial charge is 0.380 e. The average molecular weight is 283 g/mol. The minimum atomic E-state index is 0.593. The van der Waals surface area contributed by atoms with E-state index in [9.17, 15) is 0 Å². The molecule has 0 aliphatic heterocycles. The standard InChI is InChI=1S/C18H25N3/c1-14-8-9-18(15(2)10-14)20-17-11-19-21(13-17)12-16-6-4-3-5-7-16/h3-7,11,13-15,18,20H,8-10,12H2,1-2H3. The first-order valence-corrected chi connectivity index (χ1v) is 8.03. The Bertz CT molecular complexity index is 561. The van der Waals surface area contributed by atoms with Gasteiger partial charge in [0.25, 0.3) is 0 Å². The highest BCUT2D eigenvalue weighted by Crippen LogP contribution is 2.30. The van der Waals surface area contributed by atoms with E-state index >= 15 is 0 Å². The molecule has 0 bridgehead atoms. The summed E-state index contributed by atoms with van der Waals surface area (Å²) in [6.07, 6.45) is 8.01. The van der Waals surface area contributed by atoms with Gasteiger partial charge in [0.15, 0.2) is 0 Å². The van der Waals surface area contributed by atoms with Crippen LogP contribution in [0.5, 0.6) is 0 Å². The van der Waals surface area contributed by atoms with Crippen LogP contribution in [0.4, 0.5) is 5.69 Å². The predicted octanol–water partition coefficient (Wildman–Crippen LogP) is 4.17. The van der Waals surface area contributed by atoms with Gasteiger partial charge in [0.05, 0.1) is 18.4 Å². The van der Waals surface area contributed by atoms with Crippen molar-refractivity contribution in [2.45, 2.75) is 45.7 Å². The van der Waals surface area contributed by atoms with Gasteiger partial charge in [-0.3, -0.25) is 4.68 Å². The summed E-state index contributed by atoms with van der Waals surface area (Å²) in [4.78, 5) is 0. The van der Waals surface area contributed by atoms with E-state index in [0.29, 0.717) is 6.04 Å².